The molecule has 9 heteroatoms. The van der Waals surface area contributed by atoms with E-state index in [1.165, 1.54) is 11.8 Å². The lowest BCUT2D eigenvalue weighted by molar-refractivity contribution is -0.116. The Bertz CT molecular complexity index is 1610. The zero-order chi connectivity index (χ0) is 29.3. The molecular weight excluding hydrogens is 550 g/mol. The van der Waals surface area contributed by atoms with E-state index in [1.54, 1.807) is 60.7 Å². The van der Waals surface area contributed by atoms with Gasteiger partial charge in [0.15, 0.2) is 11.5 Å². The number of hydrogen-bond donors (Lipinski definition) is 3. The van der Waals surface area contributed by atoms with E-state index >= 15 is 0 Å². The molecule has 0 saturated heterocycles. The molecule has 0 radical (unpaired) electrons. The molecule has 1 unspecified atom stereocenters. The molecule has 0 spiro atoms. The number of carbonyl (C=O) groups is 3. The predicted molar refractivity (Wildman–Crippen MR) is 165 cm³/mol. The topological polar surface area (TPSA) is 106 Å². The smallest absolute Gasteiger partial charge is 0.272 e. The third-order valence-corrected chi connectivity index (χ3v) is 7.67. The number of benzene rings is 4. The summed E-state index contributed by atoms with van der Waals surface area (Å²) in [6.45, 7) is 2.11. The van der Waals surface area contributed by atoms with Crippen LogP contribution in [0.4, 0.5) is 11.4 Å². The summed E-state index contributed by atoms with van der Waals surface area (Å²) in [7, 11) is 0. The fourth-order valence-electron chi connectivity index (χ4n) is 4.19. The summed E-state index contributed by atoms with van der Waals surface area (Å²) in [6.07, 6.45) is 2.22. The van der Waals surface area contributed by atoms with Crippen LogP contribution in [0.3, 0.4) is 0 Å². The number of anilines is 2. The van der Waals surface area contributed by atoms with Crippen molar-refractivity contribution in [1.29, 1.82) is 0 Å². The summed E-state index contributed by atoms with van der Waals surface area (Å²) in [5.74, 6) is 0.231. The second-order valence-corrected chi connectivity index (χ2v) is 10.6. The van der Waals surface area contributed by atoms with Crippen LogP contribution in [0.1, 0.15) is 29.3 Å². The Kier molecular flexibility index (Phi) is 9.20. The van der Waals surface area contributed by atoms with Crippen molar-refractivity contribution >= 4 is 46.9 Å². The first-order chi connectivity index (χ1) is 20.5. The normalized spacial score (nSPS) is 12.7. The highest BCUT2D eigenvalue weighted by Gasteiger charge is 2.21. The molecule has 1 atom stereocenters. The highest BCUT2D eigenvalue weighted by atomic mass is 32.2. The Morgan fingerprint density at radius 3 is 2.29 bits per heavy atom. The van der Waals surface area contributed by atoms with Crippen LogP contribution in [0.15, 0.2) is 114 Å². The van der Waals surface area contributed by atoms with Crippen molar-refractivity contribution in [3.63, 3.8) is 0 Å². The third-order valence-electron chi connectivity index (χ3n) is 6.31. The molecule has 1 aliphatic heterocycles. The molecule has 4 aromatic rings. The number of ether oxygens (including phenoxy) is 2. The molecule has 0 aromatic heterocycles. The minimum absolute atomic E-state index is 0.0997. The average Bonchev–Trinajstić information content (AvgIpc) is 3.48. The van der Waals surface area contributed by atoms with Crippen LogP contribution in [0.2, 0.25) is 0 Å². The quantitative estimate of drug-likeness (QED) is 0.150. The van der Waals surface area contributed by atoms with Gasteiger partial charge in [-0.25, -0.2) is 0 Å². The van der Waals surface area contributed by atoms with Crippen LogP contribution in [0.25, 0.3) is 6.08 Å². The molecule has 0 bridgehead atoms. The van der Waals surface area contributed by atoms with E-state index in [0.29, 0.717) is 34.9 Å². The van der Waals surface area contributed by atoms with Crippen LogP contribution in [-0.2, 0) is 9.59 Å². The Balaban J connectivity index is 1.28. The molecule has 42 heavy (non-hydrogen) atoms. The summed E-state index contributed by atoms with van der Waals surface area (Å²) < 4.78 is 10.7. The molecule has 8 nitrogen and oxygen atoms in total. The lowest BCUT2D eigenvalue weighted by Crippen LogP contribution is -2.30. The summed E-state index contributed by atoms with van der Waals surface area (Å²) in [5, 5.41) is 8.20. The third kappa shape index (κ3) is 7.38. The van der Waals surface area contributed by atoms with Crippen LogP contribution >= 0.6 is 11.8 Å². The molecule has 4 aromatic carbocycles. The number of amides is 3. The van der Waals surface area contributed by atoms with Crippen LogP contribution < -0.4 is 25.4 Å². The molecule has 3 N–H and O–H groups in total. The van der Waals surface area contributed by atoms with E-state index in [9.17, 15) is 14.4 Å². The Morgan fingerprint density at radius 2 is 1.52 bits per heavy atom. The highest BCUT2D eigenvalue weighted by Crippen LogP contribution is 2.35. The first-order valence-electron chi connectivity index (χ1n) is 13.4. The average molecular weight is 580 g/mol. The Hall–Kier alpha value is -5.02. The maximum atomic E-state index is 13.4. The van der Waals surface area contributed by atoms with Gasteiger partial charge in [-0.05, 0) is 60.5 Å². The number of hydrogen-bond acceptors (Lipinski definition) is 6. The fraction of sp³-hybridized carbons (Fsp3) is 0.121. The van der Waals surface area contributed by atoms with Gasteiger partial charge in [0.2, 0.25) is 12.7 Å². The standard InChI is InChI=1S/C33H29N3O5S/c1-2-30(33(39)35-25-16-17-28-29(20-25)41-21-40-28)42-26-15-9-14-24(19-26)34-32(38)27(18-22-10-5-3-6-11-22)36-31(37)23-12-7-4-8-13-23/h3-20,30H,2,21H2,1H3,(H,34,38)(H,35,39)(H,36,37)/b27-18-. The van der Waals surface area contributed by atoms with Gasteiger partial charge < -0.3 is 25.4 Å². The molecule has 0 fully saturated rings. The SMILES string of the molecule is CCC(Sc1cccc(NC(=O)/C(=C/c2ccccc2)NC(=O)c2ccccc2)c1)C(=O)Nc1ccc2c(c1)OCO2. The van der Waals surface area contributed by atoms with Gasteiger partial charge in [-0.15, -0.1) is 11.8 Å². The first kappa shape index (κ1) is 28.5. The van der Waals surface area contributed by atoms with E-state index in [-0.39, 0.29) is 23.6 Å². The van der Waals surface area contributed by atoms with E-state index in [4.69, 9.17) is 9.47 Å². The monoisotopic (exact) mass is 579 g/mol. The van der Waals surface area contributed by atoms with Gasteiger partial charge in [-0.2, -0.15) is 0 Å². The van der Waals surface area contributed by atoms with E-state index in [1.807, 2.05) is 55.5 Å². The maximum absolute atomic E-state index is 13.4. The first-order valence-corrected chi connectivity index (χ1v) is 14.3. The molecule has 1 aliphatic rings. The Morgan fingerprint density at radius 1 is 0.810 bits per heavy atom. The van der Waals surface area contributed by atoms with Crippen LogP contribution in [-0.4, -0.2) is 29.8 Å². The maximum Gasteiger partial charge on any atom is 0.272 e. The molecule has 0 saturated carbocycles. The molecule has 3 amide bonds. The minimum atomic E-state index is -0.474. The molecule has 1 heterocycles. The van der Waals surface area contributed by atoms with Crippen molar-refractivity contribution in [2.24, 2.45) is 0 Å². The van der Waals surface area contributed by atoms with E-state index in [2.05, 4.69) is 16.0 Å². The van der Waals surface area contributed by atoms with Gasteiger partial charge in [-0.1, -0.05) is 61.5 Å². The largest absolute Gasteiger partial charge is 0.454 e. The van der Waals surface area contributed by atoms with Gasteiger partial charge in [0.05, 0.1) is 5.25 Å². The predicted octanol–water partition coefficient (Wildman–Crippen LogP) is 6.33. The van der Waals surface area contributed by atoms with E-state index < -0.39 is 11.8 Å². The van der Waals surface area contributed by atoms with Crippen LogP contribution in [0.5, 0.6) is 11.5 Å². The fourth-order valence-corrected chi connectivity index (χ4v) is 5.20. The summed E-state index contributed by atoms with van der Waals surface area (Å²) in [6, 6.07) is 30.5. The number of carbonyl (C=O) groups excluding carboxylic acids is 3. The Labute approximate surface area is 248 Å². The summed E-state index contributed by atoms with van der Waals surface area (Å²) >= 11 is 1.40. The number of thioether (sulfide) groups is 1. The summed E-state index contributed by atoms with van der Waals surface area (Å²) in [5.41, 5.74) is 2.46. The molecule has 0 aliphatic carbocycles. The van der Waals surface area contributed by atoms with Gasteiger partial charge in [-0.3, -0.25) is 14.4 Å². The van der Waals surface area contributed by atoms with Crippen molar-refractivity contribution < 1.29 is 23.9 Å². The van der Waals surface area contributed by atoms with Crippen molar-refractivity contribution in [2.45, 2.75) is 23.5 Å². The lowest BCUT2D eigenvalue weighted by Gasteiger charge is -2.16. The van der Waals surface area contributed by atoms with Crippen molar-refractivity contribution in [2.75, 3.05) is 17.4 Å². The molecule has 212 valence electrons. The highest BCUT2D eigenvalue weighted by molar-refractivity contribution is 8.00. The van der Waals surface area contributed by atoms with Gasteiger partial charge in [0, 0.05) is 27.9 Å². The zero-order valence-corrected chi connectivity index (χ0v) is 23.6. The van der Waals surface area contributed by atoms with E-state index in [0.717, 1.165) is 10.5 Å². The van der Waals surface area contributed by atoms with Gasteiger partial charge >= 0.3 is 0 Å². The number of rotatable bonds is 10. The van der Waals surface area contributed by atoms with Crippen LogP contribution in [0, 0.1) is 0 Å². The number of fused-ring (bicyclic) bond motifs is 1. The molecular formula is C33H29N3O5S. The van der Waals surface area contributed by atoms with Crippen molar-refractivity contribution in [3.8, 4) is 11.5 Å². The van der Waals surface area contributed by atoms with Gasteiger partial charge in [0.25, 0.3) is 11.8 Å². The van der Waals surface area contributed by atoms with Gasteiger partial charge in [0.1, 0.15) is 5.70 Å². The minimum Gasteiger partial charge on any atom is -0.454 e. The lowest BCUT2D eigenvalue weighted by atomic mass is 10.1. The zero-order valence-electron chi connectivity index (χ0n) is 22.8. The second kappa shape index (κ2) is 13.6. The summed E-state index contributed by atoms with van der Waals surface area (Å²) in [4.78, 5) is 40.1. The molecule has 5 rings (SSSR count). The van der Waals surface area contributed by atoms with Crippen molar-refractivity contribution in [3.05, 3.63) is 120 Å². The number of nitrogens with one attached hydrogen (secondary N) is 3. The second-order valence-electron chi connectivity index (χ2n) is 9.34. The van der Waals surface area contributed by atoms with Crippen molar-refractivity contribution in [1.82, 2.24) is 5.32 Å².